The summed E-state index contributed by atoms with van der Waals surface area (Å²) in [6, 6.07) is 16.8. The third-order valence-electron chi connectivity index (χ3n) is 3.92. The van der Waals surface area contributed by atoms with Crippen LogP contribution < -0.4 is 0 Å². The van der Waals surface area contributed by atoms with Crippen LogP contribution in [0.1, 0.15) is 11.1 Å². The molecule has 4 nitrogen and oxygen atoms in total. The third-order valence-corrected chi connectivity index (χ3v) is 3.92. The summed E-state index contributed by atoms with van der Waals surface area (Å²) < 4.78 is 2.08. The highest BCUT2D eigenvalue weighted by Crippen LogP contribution is 2.27. The maximum Gasteiger partial charge on any atom is 0.168 e. The van der Waals surface area contributed by atoms with E-state index in [4.69, 9.17) is 4.98 Å². The van der Waals surface area contributed by atoms with Gasteiger partial charge in [0.15, 0.2) is 5.65 Å². The van der Waals surface area contributed by atoms with E-state index in [1.54, 1.807) is 12.5 Å². The number of benzene rings is 2. The van der Waals surface area contributed by atoms with Gasteiger partial charge in [-0.1, -0.05) is 47.5 Å². The molecule has 0 N–H and O–H groups in total. The van der Waals surface area contributed by atoms with E-state index in [0.29, 0.717) is 0 Å². The van der Waals surface area contributed by atoms with Gasteiger partial charge in [-0.05, 0) is 26.0 Å². The maximum atomic E-state index is 4.75. The van der Waals surface area contributed by atoms with Gasteiger partial charge in [0.1, 0.15) is 17.7 Å². The van der Waals surface area contributed by atoms with Crippen molar-refractivity contribution in [2.24, 2.45) is 0 Å². The summed E-state index contributed by atoms with van der Waals surface area (Å²) in [4.78, 5) is 13.3. The summed E-state index contributed by atoms with van der Waals surface area (Å²) in [6.45, 7) is 4.16. The summed E-state index contributed by atoms with van der Waals surface area (Å²) in [7, 11) is 0. The molecule has 0 bridgehead atoms. The van der Waals surface area contributed by atoms with Crippen molar-refractivity contribution in [1.29, 1.82) is 0 Å². The fourth-order valence-corrected chi connectivity index (χ4v) is 2.67. The number of nitrogens with zero attached hydrogens (tertiary/aromatic N) is 4. The second kappa shape index (κ2) is 5.32. The van der Waals surface area contributed by atoms with Gasteiger partial charge in [-0.3, -0.25) is 4.57 Å². The maximum absolute atomic E-state index is 4.75. The summed E-state index contributed by atoms with van der Waals surface area (Å²) >= 11 is 0. The molecule has 0 atom stereocenters. The van der Waals surface area contributed by atoms with Crippen molar-refractivity contribution in [1.82, 2.24) is 19.5 Å². The van der Waals surface area contributed by atoms with Gasteiger partial charge in [-0.2, -0.15) is 0 Å². The Morgan fingerprint density at radius 3 is 2.17 bits per heavy atom. The number of hydrogen-bond acceptors (Lipinski definition) is 3. The minimum Gasteiger partial charge on any atom is -0.277 e. The van der Waals surface area contributed by atoms with Crippen molar-refractivity contribution >= 4 is 11.2 Å². The van der Waals surface area contributed by atoms with Crippen LogP contribution in [0.4, 0.5) is 0 Å². The molecule has 4 rings (SSSR count). The Kier molecular flexibility index (Phi) is 3.15. The Labute approximate surface area is 134 Å². The number of imidazole rings is 1. The lowest BCUT2D eigenvalue weighted by atomic mass is 10.1. The van der Waals surface area contributed by atoms with E-state index >= 15 is 0 Å². The normalized spacial score (nSPS) is 11.0. The van der Waals surface area contributed by atoms with E-state index in [0.717, 1.165) is 28.2 Å². The molecule has 0 saturated carbocycles. The lowest BCUT2D eigenvalue weighted by Gasteiger charge is -2.09. The van der Waals surface area contributed by atoms with E-state index in [1.807, 2.05) is 0 Å². The standard InChI is InChI=1S/C19H16N4/c1-13-3-7-15(8-4-13)18-22-17-11-20-12-21-19(17)23(18)16-9-5-14(2)6-10-16/h3-12H,1-2H3. The molecule has 0 aliphatic rings. The Balaban J connectivity index is 2.01. The molecule has 0 amide bonds. The van der Waals surface area contributed by atoms with Crippen molar-refractivity contribution in [2.75, 3.05) is 0 Å². The van der Waals surface area contributed by atoms with Crippen molar-refractivity contribution < 1.29 is 0 Å². The van der Waals surface area contributed by atoms with Crippen molar-refractivity contribution in [2.45, 2.75) is 13.8 Å². The Bertz CT molecular complexity index is 967. The summed E-state index contributed by atoms with van der Waals surface area (Å²) in [5.41, 5.74) is 6.18. The van der Waals surface area contributed by atoms with Crippen LogP contribution >= 0.6 is 0 Å². The number of hydrogen-bond donors (Lipinski definition) is 0. The monoisotopic (exact) mass is 300 g/mol. The van der Waals surface area contributed by atoms with Crippen molar-refractivity contribution in [3.63, 3.8) is 0 Å². The molecular formula is C19H16N4. The highest BCUT2D eigenvalue weighted by atomic mass is 15.1. The molecule has 0 aliphatic carbocycles. The van der Waals surface area contributed by atoms with Crippen LogP contribution in [-0.2, 0) is 0 Å². The lowest BCUT2D eigenvalue weighted by Crippen LogP contribution is -1.98. The molecule has 2 aromatic carbocycles. The van der Waals surface area contributed by atoms with Gasteiger partial charge in [-0.15, -0.1) is 0 Å². The highest BCUT2D eigenvalue weighted by Gasteiger charge is 2.15. The molecule has 23 heavy (non-hydrogen) atoms. The molecule has 0 spiro atoms. The van der Waals surface area contributed by atoms with Crippen LogP contribution in [0, 0.1) is 13.8 Å². The quantitative estimate of drug-likeness (QED) is 0.560. The predicted octanol–water partition coefficient (Wildman–Crippen LogP) is 4.10. The Hall–Kier alpha value is -3.01. The van der Waals surface area contributed by atoms with E-state index in [-0.39, 0.29) is 0 Å². The number of aromatic nitrogens is 4. The van der Waals surface area contributed by atoms with Crippen LogP contribution in [-0.4, -0.2) is 19.5 Å². The molecular weight excluding hydrogens is 284 g/mol. The number of rotatable bonds is 2. The van der Waals surface area contributed by atoms with Gasteiger partial charge in [0.2, 0.25) is 0 Å². The van der Waals surface area contributed by atoms with Crippen LogP contribution in [0.15, 0.2) is 61.1 Å². The third kappa shape index (κ3) is 2.38. The van der Waals surface area contributed by atoms with E-state index in [1.165, 1.54) is 11.1 Å². The lowest BCUT2D eigenvalue weighted by molar-refractivity contribution is 1.07. The second-order valence-electron chi connectivity index (χ2n) is 5.70. The molecule has 0 aliphatic heterocycles. The van der Waals surface area contributed by atoms with Gasteiger partial charge in [-0.25, -0.2) is 15.0 Å². The van der Waals surface area contributed by atoms with Crippen LogP contribution in [0.2, 0.25) is 0 Å². The largest absolute Gasteiger partial charge is 0.277 e. The predicted molar refractivity (Wildman–Crippen MR) is 91.6 cm³/mol. The van der Waals surface area contributed by atoms with Gasteiger partial charge < -0.3 is 0 Å². The zero-order valence-electron chi connectivity index (χ0n) is 13.1. The molecule has 0 saturated heterocycles. The van der Waals surface area contributed by atoms with Crippen molar-refractivity contribution in [3.8, 4) is 17.1 Å². The molecule has 4 aromatic rings. The fourth-order valence-electron chi connectivity index (χ4n) is 2.67. The molecule has 0 radical (unpaired) electrons. The zero-order chi connectivity index (χ0) is 15.8. The van der Waals surface area contributed by atoms with Crippen LogP contribution in [0.3, 0.4) is 0 Å². The molecule has 0 fully saturated rings. The first-order valence-electron chi connectivity index (χ1n) is 7.55. The Morgan fingerprint density at radius 1 is 0.826 bits per heavy atom. The summed E-state index contributed by atoms with van der Waals surface area (Å²) in [5, 5.41) is 0. The first kappa shape index (κ1) is 13.6. The number of fused-ring (bicyclic) bond motifs is 1. The summed E-state index contributed by atoms with van der Waals surface area (Å²) in [6.07, 6.45) is 3.32. The zero-order valence-corrected chi connectivity index (χ0v) is 13.1. The SMILES string of the molecule is Cc1ccc(-c2nc3cncnc3n2-c2ccc(C)cc2)cc1. The molecule has 0 unspecified atom stereocenters. The van der Waals surface area contributed by atoms with Gasteiger partial charge >= 0.3 is 0 Å². The minimum atomic E-state index is 0.795. The van der Waals surface area contributed by atoms with Crippen LogP contribution in [0.5, 0.6) is 0 Å². The topological polar surface area (TPSA) is 43.6 Å². The molecule has 2 aromatic heterocycles. The van der Waals surface area contributed by atoms with Crippen molar-refractivity contribution in [3.05, 3.63) is 72.2 Å². The smallest absolute Gasteiger partial charge is 0.168 e. The van der Waals surface area contributed by atoms with E-state index in [2.05, 4.69) is 76.9 Å². The second-order valence-corrected chi connectivity index (χ2v) is 5.70. The summed E-state index contributed by atoms with van der Waals surface area (Å²) in [5.74, 6) is 0.879. The fraction of sp³-hybridized carbons (Fsp3) is 0.105. The van der Waals surface area contributed by atoms with E-state index in [9.17, 15) is 0 Å². The highest BCUT2D eigenvalue weighted by molar-refractivity contribution is 5.79. The van der Waals surface area contributed by atoms with E-state index < -0.39 is 0 Å². The first-order chi connectivity index (χ1) is 11.2. The minimum absolute atomic E-state index is 0.795. The van der Waals surface area contributed by atoms with Crippen LogP contribution in [0.25, 0.3) is 28.2 Å². The number of aryl methyl sites for hydroxylation is 2. The average molecular weight is 300 g/mol. The Morgan fingerprint density at radius 2 is 1.48 bits per heavy atom. The molecule has 2 heterocycles. The molecule has 4 heteroatoms. The first-order valence-corrected chi connectivity index (χ1v) is 7.55. The van der Waals surface area contributed by atoms with Gasteiger partial charge in [0, 0.05) is 11.3 Å². The average Bonchev–Trinajstić information content (AvgIpc) is 2.96. The molecule has 112 valence electrons. The van der Waals surface area contributed by atoms with Gasteiger partial charge in [0.25, 0.3) is 0 Å². The van der Waals surface area contributed by atoms with Gasteiger partial charge in [0.05, 0.1) is 6.20 Å².